The van der Waals surface area contributed by atoms with Crippen LogP contribution in [0.2, 0.25) is 0 Å². The molecule has 19 heavy (non-hydrogen) atoms. The van der Waals surface area contributed by atoms with Gasteiger partial charge >= 0.3 is 0 Å². The first kappa shape index (κ1) is 12.8. The Bertz CT molecular complexity index is 585. The number of aromatic nitrogens is 5. The fourth-order valence-corrected chi connectivity index (χ4v) is 1.48. The molecule has 0 aliphatic heterocycles. The van der Waals surface area contributed by atoms with Gasteiger partial charge in [0.15, 0.2) is 0 Å². The van der Waals surface area contributed by atoms with Gasteiger partial charge in [-0.3, -0.25) is 0 Å². The number of nitrogen functional groups attached to an aromatic ring is 1. The molecule has 0 spiro atoms. The second-order valence-corrected chi connectivity index (χ2v) is 4.07. The van der Waals surface area contributed by atoms with Crippen LogP contribution in [0.3, 0.4) is 0 Å². The van der Waals surface area contributed by atoms with Gasteiger partial charge in [-0.2, -0.15) is 25.3 Å². The molecule has 2 N–H and O–H groups in total. The number of hydrogen-bond acceptors (Lipinski definition) is 7. The predicted molar refractivity (Wildman–Crippen MR) is 69.5 cm³/mol. The third kappa shape index (κ3) is 2.77. The van der Waals surface area contributed by atoms with E-state index in [4.69, 9.17) is 11.0 Å². The zero-order valence-electron chi connectivity index (χ0n) is 10.7. The van der Waals surface area contributed by atoms with Crippen molar-refractivity contribution in [3.8, 4) is 12.0 Å². The largest absolute Gasteiger partial charge is 0.368 e. The van der Waals surface area contributed by atoms with E-state index in [0.29, 0.717) is 18.3 Å². The van der Waals surface area contributed by atoms with E-state index in [1.165, 1.54) is 4.68 Å². The van der Waals surface area contributed by atoms with Crippen LogP contribution >= 0.6 is 0 Å². The minimum atomic E-state index is -0.0164. The van der Waals surface area contributed by atoms with Gasteiger partial charge in [-0.05, 0) is 13.0 Å². The molecular formula is C11H14N8. The summed E-state index contributed by atoms with van der Waals surface area (Å²) in [5.41, 5.74) is 5.68. The SMILES string of the molecule is CC(CC#N)N(C)c1nc(N)nc(-n2cccn2)n1. The van der Waals surface area contributed by atoms with Crippen LogP contribution < -0.4 is 10.6 Å². The summed E-state index contributed by atoms with van der Waals surface area (Å²) in [6.07, 6.45) is 3.72. The number of anilines is 2. The van der Waals surface area contributed by atoms with Gasteiger partial charge in [0.1, 0.15) is 0 Å². The molecular weight excluding hydrogens is 244 g/mol. The highest BCUT2D eigenvalue weighted by Gasteiger charge is 2.15. The molecule has 0 bridgehead atoms. The van der Waals surface area contributed by atoms with Gasteiger partial charge in [0.25, 0.3) is 5.95 Å². The zero-order chi connectivity index (χ0) is 13.8. The topological polar surface area (TPSA) is 110 Å². The van der Waals surface area contributed by atoms with Gasteiger partial charge < -0.3 is 10.6 Å². The molecule has 1 atom stereocenters. The monoisotopic (exact) mass is 258 g/mol. The Morgan fingerprint density at radius 2 is 2.26 bits per heavy atom. The van der Waals surface area contributed by atoms with Crippen molar-refractivity contribution in [2.24, 2.45) is 0 Å². The summed E-state index contributed by atoms with van der Waals surface area (Å²) >= 11 is 0. The third-order valence-corrected chi connectivity index (χ3v) is 2.70. The van der Waals surface area contributed by atoms with Crippen molar-refractivity contribution in [1.29, 1.82) is 5.26 Å². The summed E-state index contributed by atoms with van der Waals surface area (Å²) in [5.74, 6) is 0.885. The second-order valence-electron chi connectivity index (χ2n) is 4.07. The molecule has 0 saturated heterocycles. The van der Waals surface area contributed by atoms with Crippen molar-refractivity contribution >= 4 is 11.9 Å². The van der Waals surface area contributed by atoms with Gasteiger partial charge in [-0.25, -0.2) is 4.68 Å². The van der Waals surface area contributed by atoms with Crippen LogP contribution in [0.1, 0.15) is 13.3 Å². The number of nitrogens with two attached hydrogens (primary N) is 1. The zero-order valence-corrected chi connectivity index (χ0v) is 10.7. The highest BCUT2D eigenvalue weighted by atomic mass is 15.4. The lowest BCUT2D eigenvalue weighted by molar-refractivity contribution is 0.675. The molecule has 0 amide bonds. The fourth-order valence-electron chi connectivity index (χ4n) is 1.48. The van der Waals surface area contributed by atoms with Crippen molar-refractivity contribution in [3.05, 3.63) is 18.5 Å². The quantitative estimate of drug-likeness (QED) is 0.843. The maximum Gasteiger partial charge on any atom is 0.257 e. The predicted octanol–water partition coefficient (Wildman–Crippen LogP) is 0.378. The Morgan fingerprint density at radius 3 is 2.89 bits per heavy atom. The fraction of sp³-hybridized carbons (Fsp3) is 0.364. The van der Waals surface area contributed by atoms with E-state index in [9.17, 15) is 0 Å². The molecule has 1 unspecified atom stereocenters. The van der Waals surface area contributed by atoms with E-state index in [0.717, 1.165) is 0 Å². The summed E-state index contributed by atoms with van der Waals surface area (Å²) in [7, 11) is 1.81. The molecule has 0 aromatic carbocycles. The van der Waals surface area contributed by atoms with Crippen molar-refractivity contribution in [1.82, 2.24) is 24.7 Å². The van der Waals surface area contributed by atoms with Crippen LogP contribution in [-0.4, -0.2) is 37.8 Å². The Balaban J connectivity index is 2.34. The van der Waals surface area contributed by atoms with Crippen LogP contribution in [0.5, 0.6) is 0 Å². The summed E-state index contributed by atoms with van der Waals surface area (Å²) in [6.45, 7) is 1.91. The summed E-state index contributed by atoms with van der Waals surface area (Å²) in [4.78, 5) is 14.2. The third-order valence-electron chi connectivity index (χ3n) is 2.70. The standard InChI is InChI=1S/C11H14N8/c1-8(4-5-12)18(2)10-15-9(13)16-11(17-10)19-7-3-6-14-19/h3,6-8H,4H2,1-2H3,(H2,13,15,16,17). The van der Waals surface area contributed by atoms with E-state index in [-0.39, 0.29) is 12.0 Å². The Labute approximate surface area is 110 Å². The van der Waals surface area contributed by atoms with Crippen LogP contribution in [-0.2, 0) is 0 Å². The molecule has 0 fully saturated rings. The van der Waals surface area contributed by atoms with E-state index < -0.39 is 0 Å². The maximum absolute atomic E-state index is 8.72. The minimum absolute atomic E-state index is 0.0164. The van der Waals surface area contributed by atoms with Crippen molar-refractivity contribution in [2.75, 3.05) is 17.7 Å². The van der Waals surface area contributed by atoms with Crippen LogP contribution in [0.15, 0.2) is 18.5 Å². The average molecular weight is 258 g/mol. The smallest absolute Gasteiger partial charge is 0.257 e. The van der Waals surface area contributed by atoms with Crippen LogP contribution in [0.25, 0.3) is 5.95 Å². The molecule has 0 aliphatic carbocycles. The van der Waals surface area contributed by atoms with Gasteiger partial charge in [0.2, 0.25) is 11.9 Å². The Kier molecular flexibility index (Phi) is 3.56. The maximum atomic E-state index is 8.72. The lowest BCUT2D eigenvalue weighted by atomic mass is 10.2. The van der Waals surface area contributed by atoms with Crippen LogP contribution in [0.4, 0.5) is 11.9 Å². The molecule has 2 aromatic rings. The molecule has 2 rings (SSSR count). The molecule has 2 heterocycles. The van der Waals surface area contributed by atoms with Crippen molar-refractivity contribution in [2.45, 2.75) is 19.4 Å². The lowest BCUT2D eigenvalue weighted by Gasteiger charge is -2.22. The molecule has 98 valence electrons. The molecule has 0 saturated carbocycles. The van der Waals surface area contributed by atoms with Gasteiger partial charge in [0.05, 0.1) is 12.5 Å². The number of hydrogen-bond donors (Lipinski definition) is 1. The normalized spacial score (nSPS) is 11.8. The van der Waals surface area contributed by atoms with E-state index >= 15 is 0 Å². The van der Waals surface area contributed by atoms with E-state index in [1.807, 2.05) is 14.0 Å². The van der Waals surface area contributed by atoms with Gasteiger partial charge in [-0.15, -0.1) is 0 Å². The lowest BCUT2D eigenvalue weighted by Crippen LogP contribution is -2.30. The van der Waals surface area contributed by atoms with Crippen LogP contribution in [0, 0.1) is 11.3 Å². The number of nitriles is 1. The Hall–Kier alpha value is -2.69. The van der Waals surface area contributed by atoms with E-state index in [2.05, 4.69) is 26.1 Å². The summed E-state index contributed by atoms with van der Waals surface area (Å²) in [6, 6.07) is 3.86. The minimum Gasteiger partial charge on any atom is -0.368 e. The number of rotatable bonds is 4. The van der Waals surface area contributed by atoms with Gasteiger partial charge in [-0.1, -0.05) is 0 Å². The van der Waals surface area contributed by atoms with E-state index in [1.54, 1.807) is 23.4 Å². The highest BCUT2D eigenvalue weighted by Crippen LogP contribution is 2.13. The van der Waals surface area contributed by atoms with Gasteiger partial charge in [0, 0.05) is 25.5 Å². The first-order chi connectivity index (χ1) is 9.11. The highest BCUT2D eigenvalue weighted by molar-refractivity contribution is 5.38. The summed E-state index contributed by atoms with van der Waals surface area (Å²) < 4.78 is 1.50. The first-order valence-corrected chi connectivity index (χ1v) is 5.73. The molecule has 0 radical (unpaired) electrons. The molecule has 0 aliphatic rings. The first-order valence-electron chi connectivity index (χ1n) is 5.73. The molecule has 8 heteroatoms. The molecule has 8 nitrogen and oxygen atoms in total. The second kappa shape index (κ2) is 5.30. The average Bonchev–Trinajstić information content (AvgIpc) is 2.91. The number of nitrogens with zero attached hydrogens (tertiary/aromatic N) is 7. The van der Waals surface area contributed by atoms with Crippen molar-refractivity contribution < 1.29 is 0 Å². The summed E-state index contributed by atoms with van der Waals surface area (Å²) in [5, 5.41) is 12.8. The van der Waals surface area contributed by atoms with Crippen molar-refractivity contribution in [3.63, 3.8) is 0 Å². The molecule has 2 aromatic heterocycles. The Morgan fingerprint density at radius 1 is 1.47 bits per heavy atom.